The molecule has 184 valence electrons. The summed E-state index contributed by atoms with van der Waals surface area (Å²) in [5, 5.41) is 25.1. The molecule has 8 nitrogen and oxygen atoms in total. The van der Waals surface area contributed by atoms with Gasteiger partial charge in [0, 0.05) is 34.9 Å². The molecule has 1 aromatic heterocycles. The number of likely N-dealkylation sites (tertiary alicyclic amines) is 1. The Balaban J connectivity index is 1.31. The van der Waals surface area contributed by atoms with E-state index in [-0.39, 0.29) is 11.7 Å². The molecule has 1 aliphatic heterocycles. The second kappa shape index (κ2) is 10.5. The minimum absolute atomic E-state index is 0.107. The van der Waals surface area contributed by atoms with Crippen LogP contribution in [-0.4, -0.2) is 57.3 Å². The fourth-order valence-corrected chi connectivity index (χ4v) is 4.68. The lowest BCUT2D eigenvalue weighted by molar-refractivity contribution is 0.0950. The average Bonchev–Trinajstić information content (AvgIpc) is 3.39. The van der Waals surface area contributed by atoms with E-state index in [0.29, 0.717) is 45.4 Å². The smallest absolute Gasteiger partial charge is 0.251 e. The lowest BCUT2D eigenvalue weighted by Gasteiger charge is -2.15. The normalized spacial score (nSPS) is 13.7. The van der Waals surface area contributed by atoms with Crippen molar-refractivity contribution in [3.8, 4) is 16.9 Å². The number of aromatic nitrogens is 3. The molecule has 1 amide bonds. The summed E-state index contributed by atoms with van der Waals surface area (Å²) in [6.45, 7) is 5.66. The topological polar surface area (TPSA) is 103 Å². The van der Waals surface area contributed by atoms with E-state index in [1.165, 1.54) is 12.8 Å². The highest BCUT2D eigenvalue weighted by molar-refractivity contribution is 6.33. The van der Waals surface area contributed by atoms with Crippen molar-refractivity contribution < 1.29 is 9.90 Å². The van der Waals surface area contributed by atoms with Crippen LogP contribution in [0.5, 0.6) is 5.75 Å². The van der Waals surface area contributed by atoms with Gasteiger partial charge in [-0.25, -0.2) is 4.98 Å². The van der Waals surface area contributed by atoms with Gasteiger partial charge in [-0.2, -0.15) is 0 Å². The lowest BCUT2D eigenvalue weighted by Crippen LogP contribution is -2.33. The molecule has 0 saturated carbocycles. The summed E-state index contributed by atoms with van der Waals surface area (Å²) in [7, 11) is 0. The summed E-state index contributed by atoms with van der Waals surface area (Å²) >= 11 is 6.34. The number of fused-ring (bicyclic) bond motifs is 1. The molecule has 1 fully saturated rings. The Hall–Kier alpha value is -3.75. The SMILES string of the molecule is Cc1cc(-c2cc(O)ccc2Cl)cc2nnc(Nc3cccc(C(=O)NCCN4CCCC4)c3)nc12. The molecule has 4 aromatic rings. The number of nitrogens with one attached hydrogen (secondary N) is 2. The van der Waals surface area contributed by atoms with Crippen molar-refractivity contribution >= 4 is 40.2 Å². The summed E-state index contributed by atoms with van der Waals surface area (Å²) in [4.78, 5) is 19.6. The summed E-state index contributed by atoms with van der Waals surface area (Å²) in [6.07, 6.45) is 2.47. The molecule has 5 rings (SSSR count). The van der Waals surface area contributed by atoms with Crippen LogP contribution < -0.4 is 10.6 Å². The quantitative estimate of drug-likeness (QED) is 0.329. The highest BCUT2D eigenvalue weighted by Crippen LogP contribution is 2.33. The van der Waals surface area contributed by atoms with Crippen molar-refractivity contribution in [2.75, 3.05) is 31.5 Å². The van der Waals surface area contributed by atoms with Crippen LogP contribution in [0.1, 0.15) is 28.8 Å². The van der Waals surface area contributed by atoms with Crippen molar-refractivity contribution in [3.05, 3.63) is 70.7 Å². The van der Waals surface area contributed by atoms with Crippen LogP contribution in [0.3, 0.4) is 0 Å². The first-order valence-electron chi connectivity index (χ1n) is 12.0. The van der Waals surface area contributed by atoms with Gasteiger partial charge < -0.3 is 20.6 Å². The molecule has 1 aliphatic rings. The van der Waals surface area contributed by atoms with Gasteiger partial charge in [0.15, 0.2) is 0 Å². The van der Waals surface area contributed by atoms with Crippen LogP contribution in [0.4, 0.5) is 11.6 Å². The van der Waals surface area contributed by atoms with Gasteiger partial charge in [-0.1, -0.05) is 17.7 Å². The zero-order valence-corrected chi connectivity index (χ0v) is 20.7. The van der Waals surface area contributed by atoms with Crippen LogP contribution in [0, 0.1) is 6.92 Å². The number of hydrogen-bond acceptors (Lipinski definition) is 7. The molecule has 0 atom stereocenters. The zero-order valence-electron chi connectivity index (χ0n) is 20.0. The fourth-order valence-electron chi connectivity index (χ4n) is 4.46. The van der Waals surface area contributed by atoms with Gasteiger partial charge in [-0.05, 0) is 92.5 Å². The maximum absolute atomic E-state index is 12.6. The van der Waals surface area contributed by atoms with Gasteiger partial charge in [-0.3, -0.25) is 4.79 Å². The van der Waals surface area contributed by atoms with Gasteiger partial charge in [0.05, 0.1) is 5.52 Å². The molecule has 0 radical (unpaired) electrons. The summed E-state index contributed by atoms with van der Waals surface area (Å²) in [5.41, 5.74) is 5.00. The Morgan fingerprint density at radius 3 is 2.75 bits per heavy atom. The van der Waals surface area contributed by atoms with Crippen LogP contribution in [0.25, 0.3) is 22.2 Å². The van der Waals surface area contributed by atoms with E-state index in [0.717, 1.165) is 30.8 Å². The predicted octanol–water partition coefficient (Wildman–Crippen LogP) is 4.93. The van der Waals surface area contributed by atoms with Crippen molar-refractivity contribution in [2.24, 2.45) is 0 Å². The first-order chi connectivity index (χ1) is 17.5. The van der Waals surface area contributed by atoms with Gasteiger partial charge in [0.2, 0.25) is 5.95 Å². The summed E-state index contributed by atoms with van der Waals surface area (Å²) in [5.74, 6) is 0.364. The number of amides is 1. The first kappa shape index (κ1) is 24.0. The van der Waals surface area contributed by atoms with E-state index in [4.69, 9.17) is 11.6 Å². The van der Waals surface area contributed by atoms with Crippen molar-refractivity contribution in [1.29, 1.82) is 0 Å². The molecule has 3 N–H and O–H groups in total. The number of aryl methyl sites for hydroxylation is 1. The number of halogens is 1. The number of aromatic hydroxyl groups is 1. The molecular formula is C27H27ClN6O2. The van der Waals surface area contributed by atoms with Crippen LogP contribution in [0.15, 0.2) is 54.6 Å². The Bertz CT molecular complexity index is 1420. The highest BCUT2D eigenvalue weighted by atomic mass is 35.5. The van der Waals surface area contributed by atoms with Crippen molar-refractivity contribution in [3.63, 3.8) is 0 Å². The molecule has 36 heavy (non-hydrogen) atoms. The largest absolute Gasteiger partial charge is 0.508 e. The monoisotopic (exact) mass is 502 g/mol. The highest BCUT2D eigenvalue weighted by Gasteiger charge is 2.13. The average molecular weight is 503 g/mol. The Labute approximate surface area is 214 Å². The van der Waals surface area contributed by atoms with E-state index in [1.807, 2.05) is 31.2 Å². The summed E-state index contributed by atoms with van der Waals surface area (Å²) < 4.78 is 0. The van der Waals surface area contributed by atoms with E-state index < -0.39 is 0 Å². The number of hydrogen-bond donors (Lipinski definition) is 3. The maximum Gasteiger partial charge on any atom is 0.251 e. The fraction of sp³-hybridized carbons (Fsp3) is 0.259. The molecule has 0 aliphatic carbocycles. The number of anilines is 2. The van der Waals surface area contributed by atoms with Gasteiger partial charge in [0.1, 0.15) is 11.3 Å². The number of phenolic OH excluding ortho intramolecular Hbond substituents is 1. The molecule has 1 saturated heterocycles. The number of carbonyl (C=O) groups is 1. The minimum Gasteiger partial charge on any atom is -0.508 e. The molecule has 2 heterocycles. The van der Waals surface area contributed by atoms with Crippen LogP contribution in [-0.2, 0) is 0 Å². The molecule has 9 heteroatoms. The molecule has 0 bridgehead atoms. The third kappa shape index (κ3) is 5.40. The van der Waals surface area contributed by atoms with Gasteiger partial charge in [0.25, 0.3) is 5.91 Å². The molecule has 3 aromatic carbocycles. The maximum atomic E-state index is 12.6. The third-order valence-electron chi connectivity index (χ3n) is 6.30. The zero-order chi connectivity index (χ0) is 25.1. The van der Waals surface area contributed by atoms with E-state index in [1.54, 1.807) is 30.3 Å². The second-order valence-electron chi connectivity index (χ2n) is 8.97. The minimum atomic E-state index is -0.107. The Kier molecular flexibility index (Phi) is 6.97. The molecule has 0 unspecified atom stereocenters. The van der Waals surface area contributed by atoms with E-state index in [2.05, 4.69) is 30.7 Å². The number of phenols is 1. The van der Waals surface area contributed by atoms with E-state index in [9.17, 15) is 9.90 Å². The van der Waals surface area contributed by atoms with Crippen LogP contribution >= 0.6 is 11.6 Å². The number of nitrogens with zero attached hydrogens (tertiary/aromatic N) is 4. The third-order valence-corrected chi connectivity index (χ3v) is 6.63. The number of rotatable bonds is 7. The van der Waals surface area contributed by atoms with Crippen LogP contribution in [0.2, 0.25) is 5.02 Å². The van der Waals surface area contributed by atoms with E-state index >= 15 is 0 Å². The molecule has 0 spiro atoms. The molecular weight excluding hydrogens is 476 g/mol. The summed E-state index contributed by atoms with van der Waals surface area (Å²) in [6, 6.07) is 15.9. The van der Waals surface area contributed by atoms with Gasteiger partial charge in [-0.15, -0.1) is 10.2 Å². The predicted molar refractivity (Wildman–Crippen MR) is 142 cm³/mol. The Morgan fingerprint density at radius 1 is 1.08 bits per heavy atom. The second-order valence-corrected chi connectivity index (χ2v) is 9.38. The van der Waals surface area contributed by atoms with Crippen molar-refractivity contribution in [1.82, 2.24) is 25.4 Å². The number of carbonyl (C=O) groups excluding carboxylic acids is 1. The Morgan fingerprint density at radius 2 is 1.92 bits per heavy atom. The standard InChI is InChI=1S/C27H27ClN6O2/c1-17-13-19(22-16-21(35)7-8-23(22)28)15-24-25(17)31-27(33-32-24)30-20-6-4-5-18(14-20)26(36)29-9-12-34-10-2-3-11-34/h4-8,13-16,35H,2-3,9-12H2,1H3,(H,29,36)(H,30,31,33). The van der Waals surface area contributed by atoms with Gasteiger partial charge >= 0.3 is 0 Å². The van der Waals surface area contributed by atoms with Crippen molar-refractivity contribution in [2.45, 2.75) is 19.8 Å². The first-order valence-corrected chi connectivity index (χ1v) is 12.4. The lowest BCUT2D eigenvalue weighted by atomic mass is 10.0. The number of benzene rings is 3.